The van der Waals surface area contributed by atoms with Gasteiger partial charge in [-0.25, -0.2) is 4.98 Å². The van der Waals surface area contributed by atoms with Crippen LogP contribution in [0.3, 0.4) is 0 Å². The Morgan fingerprint density at radius 1 is 1.11 bits per heavy atom. The number of nitrogens with one attached hydrogen (secondary N) is 3. The zero-order valence-corrected chi connectivity index (χ0v) is 26.0. The summed E-state index contributed by atoms with van der Waals surface area (Å²) in [5, 5.41) is 14.2. The van der Waals surface area contributed by atoms with E-state index in [1.54, 1.807) is 12.4 Å². The fraction of sp³-hybridized carbons (Fsp3) is 0.485. The minimum Gasteiger partial charge on any atom is -0.365 e. The topological polar surface area (TPSA) is 117 Å². The van der Waals surface area contributed by atoms with E-state index in [1.807, 2.05) is 35.1 Å². The lowest BCUT2D eigenvalue weighted by atomic mass is 9.71. The van der Waals surface area contributed by atoms with E-state index in [2.05, 4.69) is 49.4 Å². The molecule has 3 aromatic rings. The summed E-state index contributed by atoms with van der Waals surface area (Å²) in [5.74, 6) is 3.86. The number of anilines is 4. The Morgan fingerprint density at radius 3 is 2.77 bits per heavy atom. The molecule has 0 radical (unpaired) electrons. The van der Waals surface area contributed by atoms with Gasteiger partial charge in [0.05, 0.1) is 24.1 Å². The first kappa shape index (κ1) is 30.1. The quantitative estimate of drug-likeness (QED) is 0.225. The van der Waals surface area contributed by atoms with Crippen LogP contribution in [0.15, 0.2) is 55.5 Å². The van der Waals surface area contributed by atoms with Crippen LogP contribution < -0.4 is 16.0 Å². The van der Waals surface area contributed by atoms with Crippen molar-refractivity contribution in [2.75, 3.05) is 29.0 Å². The molecule has 6 rings (SSSR count). The van der Waals surface area contributed by atoms with Crippen molar-refractivity contribution in [2.24, 2.45) is 23.7 Å². The molecule has 2 aromatic heterocycles. The van der Waals surface area contributed by atoms with E-state index >= 15 is 0 Å². The second-order valence-corrected chi connectivity index (χ2v) is 13.0. The number of halogens is 1. The molecule has 0 spiro atoms. The number of hydrogen-bond acceptors (Lipinski definition) is 7. The van der Waals surface area contributed by atoms with Crippen LogP contribution in [0.1, 0.15) is 63.5 Å². The van der Waals surface area contributed by atoms with Gasteiger partial charge in [-0.3, -0.25) is 14.3 Å². The maximum absolute atomic E-state index is 13.2. The Bertz CT molecular complexity index is 1500. The molecule has 3 fully saturated rings. The van der Waals surface area contributed by atoms with Crippen LogP contribution in [0.25, 0.3) is 0 Å². The van der Waals surface area contributed by atoms with Gasteiger partial charge >= 0.3 is 0 Å². The van der Waals surface area contributed by atoms with Crippen LogP contribution >= 0.6 is 11.6 Å². The molecule has 1 saturated heterocycles. The van der Waals surface area contributed by atoms with Crippen molar-refractivity contribution < 1.29 is 9.59 Å². The maximum atomic E-state index is 13.2. The average molecular weight is 617 g/mol. The van der Waals surface area contributed by atoms with E-state index < -0.39 is 0 Å². The zero-order chi connectivity index (χ0) is 30.6. The molecule has 44 heavy (non-hydrogen) atoms. The van der Waals surface area contributed by atoms with Gasteiger partial charge in [-0.2, -0.15) is 10.1 Å². The van der Waals surface area contributed by atoms with Crippen molar-refractivity contribution in [1.29, 1.82) is 0 Å². The lowest BCUT2D eigenvalue weighted by Gasteiger charge is -2.37. The summed E-state index contributed by atoms with van der Waals surface area (Å²) >= 11 is 6.37. The van der Waals surface area contributed by atoms with Crippen LogP contribution in [0.2, 0.25) is 5.02 Å². The summed E-state index contributed by atoms with van der Waals surface area (Å²) in [6.07, 6.45) is 14.3. The van der Waals surface area contributed by atoms with Crippen LogP contribution in [0.5, 0.6) is 0 Å². The number of carbonyl (C=O) groups is 2. The third-order valence-electron chi connectivity index (χ3n) is 9.67. The number of fused-ring (bicyclic) bond motifs is 2. The van der Waals surface area contributed by atoms with E-state index in [1.165, 1.54) is 31.8 Å². The van der Waals surface area contributed by atoms with Gasteiger partial charge in [0.15, 0.2) is 5.82 Å². The summed E-state index contributed by atoms with van der Waals surface area (Å²) in [5.41, 5.74) is 2.41. The average Bonchev–Trinajstić information content (AvgIpc) is 3.67. The van der Waals surface area contributed by atoms with Gasteiger partial charge in [-0.05, 0) is 79.5 Å². The van der Waals surface area contributed by atoms with Crippen LogP contribution in [-0.4, -0.2) is 49.6 Å². The minimum absolute atomic E-state index is 0.245. The normalized spacial score (nSPS) is 23.3. The summed E-state index contributed by atoms with van der Waals surface area (Å²) in [7, 11) is 0. The summed E-state index contributed by atoms with van der Waals surface area (Å²) in [6.45, 7) is 7.85. The predicted octanol–water partition coefficient (Wildman–Crippen LogP) is 6.43. The van der Waals surface area contributed by atoms with Gasteiger partial charge in [0.2, 0.25) is 17.8 Å². The van der Waals surface area contributed by atoms with Gasteiger partial charge in [-0.1, -0.05) is 43.7 Å². The standard InChI is InChI=1S/C33H41ClN8O2/c1-3-30(43)38-25-6-4-5-23(15-25)17-35-32-29(34)19-36-33(40-32)39-26-18-37-42(20-26)27-9-11-41(12-10-27)31(44)16-28-21(2)13-22-7-8-24(28)14-22/h3-6,15,18-22,24,27-28H,1,7-14,16-17H2,2H3,(H,38,43)(H2,35,36,39,40). The molecule has 232 valence electrons. The third kappa shape index (κ3) is 7.07. The first-order valence-electron chi connectivity index (χ1n) is 15.7. The molecule has 4 atom stereocenters. The number of piperidine rings is 1. The van der Waals surface area contributed by atoms with Crippen molar-refractivity contribution >= 4 is 46.6 Å². The number of likely N-dealkylation sites (tertiary alicyclic amines) is 1. The van der Waals surface area contributed by atoms with Crippen molar-refractivity contribution in [3.05, 3.63) is 66.1 Å². The number of amides is 2. The molecule has 1 aromatic carbocycles. The molecule has 2 aliphatic carbocycles. The molecule has 10 nitrogen and oxygen atoms in total. The molecule has 3 N–H and O–H groups in total. The SMILES string of the molecule is C=CC(=O)Nc1cccc(CNc2nc(Nc3cnn(C4CCN(C(=O)CC5C(C)CC6CCC5C6)CC4)c3)ncc2Cl)c1. The van der Waals surface area contributed by atoms with Crippen molar-refractivity contribution in [3.63, 3.8) is 0 Å². The van der Waals surface area contributed by atoms with Gasteiger partial charge in [0.25, 0.3) is 0 Å². The summed E-state index contributed by atoms with van der Waals surface area (Å²) in [6, 6.07) is 7.74. The second kappa shape index (κ2) is 13.4. The Kier molecular flexibility index (Phi) is 9.16. The van der Waals surface area contributed by atoms with Gasteiger partial charge in [0, 0.05) is 37.9 Å². The van der Waals surface area contributed by atoms with Gasteiger partial charge in [-0.15, -0.1) is 0 Å². The molecular formula is C33H41ClN8O2. The largest absolute Gasteiger partial charge is 0.365 e. The van der Waals surface area contributed by atoms with Crippen molar-refractivity contribution in [3.8, 4) is 0 Å². The fourth-order valence-electron chi connectivity index (χ4n) is 7.38. The third-order valence-corrected chi connectivity index (χ3v) is 9.94. The number of rotatable bonds is 10. The first-order valence-corrected chi connectivity index (χ1v) is 16.1. The van der Waals surface area contributed by atoms with E-state index in [9.17, 15) is 9.59 Å². The number of nitrogens with zero attached hydrogens (tertiary/aromatic N) is 5. The number of hydrogen-bond donors (Lipinski definition) is 3. The smallest absolute Gasteiger partial charge is 0.247 e. The fourth-order valence-corrected chi connectivity index (χ4v) is 7.54. The number of aromatic nitrogens is 4. The van der Waals surface area contributed by atoms with Crippen molar-refractivity contribution in [2.45, 2.75) is 64.5 Å². The predicted molar refractivity (Wildman–Crippen MR) is 173 cm³/mol. The summed E-state index contributed by atoms with van der Waals surface area (Å²) < 4.78 is 1.99. The molecular weight excluding hydrogens is 576 g/mol. The highest BCUT2D eigenvalue weighted by Crippen LogP contribution is 2.49. The Labute approximate surface area is 263 Å². The highest BCUT2D eigenvalue weighted by Gasteiger charge is 2.41. The monoisotopic (exact) mass is 616 g/mol. The Morgan fingerprint density at radius 2 is 1.95 bits per heavy atom. The molecule has 1 aliphatic heterocycles. The lowest BCUT2D eigenvalue weighted by molar-refractivity contribution is -0.134. The van der Waals surface area contributed by atoms with Crippen LogP contribution in [-0.2, 0) is 16.1 Å². The van der Waals surface area contributed by atoms with Gasteiger partial charge < -0.3 is 20.9 Å². The number of benzene rings is 1. The maximum Gasteiger partial charge on any atom is 0.247 e. The van der Waals surface area contributed by atoms with Crippen LogP contribution in [0.4, 0.5) is 23.1 Å². The van der Waals surface area contributed by atoms with E-state index in [4.69, 9.17) is 11.6 Å². The molecule has 2 bridgehead atoms. The number of carbonyl (C=O) groups excluding carboxylic acids is 2. The zero-order valence-electron chi connectivity index (χ0n) is 25.2. The molecule has 4 unspecified atom stereocenters. The molecule has 2 amide bonds. The van der Waals surface area contributed by atoms with Gasteiger partial charge in [0.1, 0.15) is 5.02 Å². The first-order chi connectivity index (χ1) is 21.3. The van der Waals surface area contributed by atoms with E-state index in [-0.39, 0.29) is 11.9 Å². The summed E-state index contributed by atoms with van der Waals surface area (Å²) in [4.78, 5) is 35.8. The molecule has 3 aliphatic rings. The molecule has 2 saturated carbocycles. The highest BCUT2D eigenvalue weighted by molar-refractivity contribution is 6.32. The Hall–Kier alpha value is -3.92. The van der Waals surface area contributed by atoms with Crippen molar-refractivity contribution in [1.82, 2.24) is 24.6 Å². The Balaban J connectivity index is 1.00. The molecule has 3 heterocycles. The van der Waals surface area contributed by atoms with E-state index in [0.29, 0.717) is 46.8 Å². The minimum atomic E-state index is -0.264. The van der Waals surface area contributed by atoms with Crippen LogP contribution in [0, 0.1) is 23.7 Å². The highest BCUT2D eigenvalue weighted by atomic mass is 35.5. The second-order valence-electron chi connectivity index (χ2n) is 12.6. The van der Waals surface area contributed by atoms with E-state index in [0.717, 1.165) is 55.4 Å². The lowest BCUT2D eigenvalue weighted by Crippen LogP contribution is -2.41. The molecule has 11 heteroatoms.